The summed E-state index contributed by atoms with van der Waals surface area (Å²) in [6, 6.07) is 21.9. The molecule has 0 saturated carbocycles. The van der Waals surface area contributed by atoms with Gasteiger partial charge in [0, 0.05) is 31.9 Å². The third-order valence-corrected chi connectivity index (χ3v) is 6.52. The predicted molar refractivity (Wildman–Crippen MR) is 119 cm³/mol. The van der Waals surface area contributed by atoms with Crippen molar-refractivity contribution in [2.45, 2.75) is 25.7 Å². The Balaban J connectivity index is 1.10. The van der Waals surface area contributed by atoms with Crippen molar-refractivity contribution < 1.29 is 0 Å². The van der Waals surface area contributed by atoms with Gasteiger partial charge in [0.1, 0.15) is 0 Å². The van der Waals surface area contributed by atoms with Gasteiger partial charge in [-0.3, -0.25) is 4.90 Å². The van der Waals surface area contributed by atoms with E-state index in [9.17, 15) is 0 Å². The lowest BCUT2D eigenvalue weighted by molar-refractivity contribution is 0.169. The van der Waals surface area contributed by atoms with Gasteiger partial charge in [0.25, 0.3) is 0 Å². The molecule has 2 aliphatic rings. The molecule has 2 aliphatic heterocycles. The van der Waals surface area contributed by atoms with Gasteiger partial charge >= 0.3 is 0 Å². The number of hydrogen-bond donors (Lipinski definition) is 0. The monoisotopic (exact) mass is 377 g/mol. The molecule has 3 nitrogen and oxygen atoms in total. The first-order chi connectivity index (χ1) is 13.9. The molecule has 0 aromatic heterocycles. The molecule has 0 aliphatic carbocycles. The summed E-state index contributed by atoms with van der Waals surface area (Å²) in [5.41, 5.74) is 2.89. The maximum absolute atomic E-state index is 2.70. The summed E-state index contributed by atoms with van der Waals surface area (Å²) >= 11 is 0. The number of rotatable bonds is 7. The zero-order valence-corrected chi connectivity index (χ0v) is 17.2. The van der Waals surface area contributed by atoms with Crippen LogP contribution < -0.4 is 4.90 Å². The van der Waals surface area contributed by atoms with Crippen LogP contribution in [0.15, 0.2) is 60.7 Å². The molecule has 0 atom stereocenters. The van der Waals surface area contributed by atoms with Crippen molar-refractivity contribution in [1.82, 2.24) is 9.80 Å². The molecule has 3 heteroatoms. The van der Waals surface area contributed by atoms with Gasteiger partial charge in [-0.15, -0.1) is 0 Å². The van der Waals surface area contributed by atoms with E-state index in [0.29, 0.717) is 0 Å². The molecule has 2 saturated heterocycles. The fourth-order valence-corrected chi connectivity index (χ4v) is 4.75. The van der Waals surface area contributed by atoms with E-state index in [4.69, 9.17) is 0 Å². The van der Waals surface area contributed by atoms with Crippen molar-refractivity contribution in [1.29, 1.82) is 0 Å². The maximum atomic E-state index is 2.70. The van der Waals surface area contributed by atoms with E-state index in [2.05, 4.69) is 75.4 Å². The van der Waals surface area contributed by atoms with Crippen LogP contribution >= 0.6 is 0 Å². The summed E-state index contributed by atoms with van der Waals surface area (Å²) in [6.07, 6.45) is 5.31. The minimum atomic E-state index is 0.879. The first-order valence-electron chi connectivity index (χ1n) is 11.2. The number of likely N-dealkylation sites (tertiary alicyclic amines) is 1. The molecular formula is C25H35N3. The zero-order valence-electron chi connectivity index (χ0n) is 17.2. The Morgan fingerprint density at radius 2 is 1.21 bits per heavy atom. The van der Waals surface area contributed by atoms with Crippen molar-refractivity contribution in [3.63, 3.8) is 0 Å². The highest BCUT2D eigenvalue weighted by Crippen LogP contribution is 2.22. The molecule has 2 fully saturated rings. The molecule has 150 valence electrons. The smallest absolute Gasteiger partial charge is 0.0367 e. The molecule has 2 aromatic carbocycles. The van der Waals surface area contributed by atoms with E-state index in [0.717, 1.165) is 19.0 Å². The molecule has 0 radical (unpaired) electrons. The summed E-state index contributed by atoms with van der Waals surface area (Å²) in [7, 11) is 0. The van der Waals surface area contributed by atoms with Gasteiger partial charge in [-0.05, 0) is 75.5 Å². The van der Waals surface area contributed by atoms with Gasteiger partial charge in [0.2, 0.25) is 0 Å². The Bertz CT molecular complexity index is 671. The van der Waals surface area contributed by atoms with Crippen LogP contribution in [0.4, 0.5) is 5.69 Å². The highest BCUT2D eigenvalue weighted by Gasteiger charge is 2.20. The molecule has 0 unspecified atom stereocenters. The average Bonchev–Trinajstić information content (AvgIpc) is 2.77. The van der Waals surface area contributed by atoms with E-state index < -0.39 is 0 Å². The van der Waals surface area contributed by atoms with Gasteiger partial charge in [-0.2, -0.15) is 0 Å². The van der Waals surface area contributed by atoms with Crippen LogP contribution in [-0.4, -0.2) is 62.2 Å². The Morgan fingerprint density at radius 1 is 0.643 bits per heavy atom. The number of piperazine rings is 1. The Morgan fingerprint density at radius 3 is 1.86 bits per heavy atom. The van der Waals surface area contributed by atoms with Crippen LogP contribution in [0.3, 0.4) is 0 Å². The summed E-state index contributed by atoms with van der Waals surface area (Å²) in [5.74, 6) is 0.879. The number of anilines is 1. The zero-order chi connectivity index (χ0) is 19.0. The quantitative estimate of drug-likeness (QED) is 0.718. The summed E-state index contributed by atoms with van der Waals surface area (Å²) in [5, 5.41) is 0. The second-order valence-corrected chi connectivity index (χ2v) is 8.49. The second kappa shape index (κ2) is 10.1. The molecule has 2 heterocycles. The van der Waals surface area contributed by atoms with E-state index in [1.54, 1.807) is 0 Å². The van der Waals surface area contributed by atoms with Crippen LogP contribution in [0.5, 0.6) is 0 Å². The van der Waals surface area contributed by atoms with E-state index >= 15 is 0 Å². The Labute approximate surface area is 171 Å². The van der Waals surface area contributed by atoms with Gasteiger partial charge in [0.15, 0.2) is 0 Å². The van der Waals surface area contributed by atoms with Gasteiger partial charge in [-0.1, -0.05) is 48.5 Å². The van der Waals surface area contributed by atoms with Crippen LogP contribution in [0.25, 0.3) is 0 Å². The van der Waals surface area contributed by atoms with Crippen molar-refractivity contribution in [3.8, 4) is 0 Å². The van der Waals surface area contributed by atoms with Crippen molar-refractivity contribution in [2.24, 2.45) is 5.92 Å². The van der Waals surface area contributed by atoms with Gasteiger partial charge in [0.05, 0.1) is 0 Å². The molecule has 0 spiro atoms. The van der Waals surface area contributed by atoms with Crippen molar-refractivity contribution >= 4 is 5.69 Å². The third kappa shape index (κ3) is 5.59. The SMILES string of the molecule is c1ccc(CC2CCN(CCCN3CCN(c4ccccc4)CC3)CC2)cc1. The van der Waals surface area contributed by atoms with Crippen LogP contribution in [-0.2, 0) is 6.42 Å². The largest absolute Gasteiger partial charge is 0.369 e. The van der Waals surface area contributed by atoms with Crippen LogP contribution in [0.2, 0.25) is 0 Å². The van der Waals surface area contributed by atoms with Crippen LogP contribution in [0.1, 0.15) is 24.8 Å². The number of benzene rings is 2. The van der Waals surface area contributed by atoms with E-state index in [1.165, 1.54) is 76.2 Å². The van der Waals surface area contributed by atoms with Crippen molar-refractivity contribution in [3.05, 3.63) is 66.2 Å². The predicted octanol–water partition coefficient (Wildman–Crippen LogP) is 4.15. The fraction of sp³-hybridized carbons (Fsp3) is 0.520. The molecule has 2 aromatic rings. The molecule has 0 bridgehead atoms. The lowest BCUT2D eigenvalue weighted by Gasteiger charge is -2.37. The van der Waals surface area contributed by atoms with Gasteiger partial charge < -0.3 is 9.80 Å². The second-order valence-electron chi connectivity index (χ2n) is 8.49. The third-order valence-electron chi connectivity index (χ3n) is 6.52. The first-order valence-corrected chi connectivity index (χ1v) is 11.2. The lowest BCUT2D eigenvalue weighted by atomic mass is 9.90. The molecule has 0 amide bonds. The summed E-state index contributed by atoms with van der Waals surface area (Å²) in [4.78, 5) is 7.87. The normalized spacial score (nSPS) is 19.8. The lowest BCUT2D eigenvalue weighted by Crippen LogP contribution is -2.47. The van der Waals surface area contributed by atoms with Gasteiger partial charge in [-0.25, -0.2) is 0 Å². The average molecular weight is 378 g/mol. The van der Waals surface area contributed by atoms with E-state index in [-0.39, 0.29) is 0 Å². The highest BCUT2D eigenvalue weighted by molar-refractivity contribution is 5.46. The number of nitrogens with zero attached hydrogens (tertiary/aromatic N) is 3. The Hall–Kier alpha value is -1.84. The topological polar surface area (TPSA) is 9.72 Å². The standard InChI is InChI=1S/C25H35N3/c1-3-8-23(9-4-1)22-24-12-16-26(17-13-24)14-7-15-27-18-20-28(21-19-27)25-10-5-2-6-11-25/h1-6,8-11,24H,7,12-22H2. The number of piperidine rings is 1. The Kier molecular flexibility index (Phi) is 7.01. The van der Waals surface area contributed by atoms with Crippen molar-refractivity contribution in [2.75, 3.05) is 57.3 Å². The minimum absolute atomic E-state index is 0.879. The summed E-state index contributed by atoms with van der Waals surface area (Å²) in [6.45, 7) is 9.84. The molecule has 0 N–H and O–H groups in total. The highest BCUT2D eigenvalue weighted by atomic mass is 15.3. The molecule has 4 rings (SSSR count). The van der Waals surface area contributed by atoms with Crippen LogP contribution in [0, 0.1) is 5.92 Å². The minimum Gasteiger partial charge on any atom is -0.369 e. The molecular weight excluding hydrogens is 342 g/mol. The first kappa shape index (κ1) is 19.5. The summed E-state index contributed by atoms with van der Waals surface area (Å²) < 4.78 is 0. The molecule has 28 heavy (non-hydrogen) atoms. The number of hydrogen-bond acceptors (Lipinski definition) is 3. The fourth-order valence-electron chi connectivity index (χ4n) is 4.75. The van der Waals surface area contributed by atoms with E-state index in [1.807, 2.05) is 0 Å². The number of para-hydroxylation sites is 1. The maximum Gasteiger partial charge on any atom is 0.0367 e.